The highest BCUT2D eigenvalue weighted by Gasteiger charge is 1.92. The summed E-state index contributed by atoms with van der Waals surface area (Å²) in [5.74, 6) is 6.19. The van der Waals surface area contributed by atoms with Gasteiger partial charge in [0.05, 0.1) is 6.61 Å². The second kappa shape index (κ2) is 9.91. The maximum atomic E-state index is 10.2. The highest BCUT2D eigenvalue weighted by atomic mass is 16.5. The van der Waals surface area contributed by atoms with Gasteiger partial charge >= 0.3 is 6.09 Å². The minimum Gasteiger partial charge on any atom is -0.450 e. The highest BCUT2D eigenvalue weighted by molar-refractivity contribution is 5.64. The molecule has 0 rings (SSSR count). The molecule has 0 saturated carbocycles. The Hall–Kier alpha value is -1.17. The van der Waals surface area contributed by atoms with Crippen molar-refractivity contribution in [1.82, 2.24) is 0 Å². The smallest absolute Gasteiger partial charge is 0.404 e. The van der Waals surface area contributed by atoms with Crippen molar-refractivity contribution >= 4 is 6.09 Å². The van der Waals surface area contributed by atoms with Crippen LogP contribution in [0.2, 0.25) is 0 Å². The van der Waals surface area contributed by atoms with Crippen LogP contribution in [0, 0.1) is 11.8 Å². The minimum atomic E-state index is -0.687. The Bertz CT molecular complexity index is 203. The summed E-state index contributed by atoms with van der Waals surface area (Å²) in [6.07, 6.45) is 5.35. The molecule has 14 heavy (non-hydrogen) atoms. The van der Waals surface area contributed by atoms with Crippen LogP contribution in [0.15, 0.2) is 0 Å². The van der Waals surface area contributed by atoms with Gasteiger partial charge in [-0.25, -0.2) is 4.79 Å². The van der Waals surface area contributed by atoms with E-state index in [0.717, 1.165) is 38.5 Å². The molecule has 0 aliphatic carbocycles. The molecule has 0 unspecified atom stereocenters. The zero-order valence-electron chi connectivity index (χ0n) is 8.84. The van der Waals surface area contributed by atoms with Gasteiger partial charge in [0.25, 0.3) is 0 Å². The van der Waals surface area contributed by atoms with Gasteiger partial charge < -0.3 is 10.5 Å². The Morgan fingerprint density at radius 2 is 1.93 bits per heavy atom. The fourth-order valence-electron chi connectivity index (χ4n) is 0.967. The summed E-state index contributed by atoms with van der Waals surface area (Å²) in [5, 5.41) is 0. The van der Waals surface area contributed by atoms with Crippen molar-refractivity contribution in [2.45, 2.75) is 45.4 Å². The molecule has 0 fully saturated rings. The molecule has 2 N–H and O–H groups in total. The van der Waals surface area contributed by atoms with Crippen molar-refractivity contribution in [2.24, 2.45) is 5.73 Å². The fraction of sp³-hybridized carbons (Fsp3) is 0.727. The lowest BCUT2D eigenvalue weighted by Gasteiger charge is -1.99. The van der Waals surface area contributed by atoms with Crippen LogP contribution in [0.25, 0.3) is 0 Å². The zero-order valence-corrected chi connectivity index (χ0v) is 8.84. The largest absolute Gasteiger partial charge is 0.450 e. The van der Waals surface area contributed by atoms with Gasteiger partial charge in [-0.15, -0.1) is 11.8 Å². The second-order valence-electron chi connectivity index (χ2n) is 3.08. The molecule has 3 nitrogen and oxygen atoms in total. The van der Waals surface area contributed by atoms with Gasteiger partial charge in [-0.2, -0.15) is 0 Å². The van der Waals surface area contributed by atoms with Crippen LogP contribution in [0.4, 0.5) is 4.79 Å². The topological polar surface area (TPSA) is 52.3 Å². The van der Waals surface area contributed by atoms with Gasteiger partial charge in [0.15, 0.2) is 0 Å². The van der Waals surface area contributed by atoms with E-state index in [1.165, 1.54) is 0 Å². The van der Waals surface area contributed by atoms with Crippen LogP contribution < -0.4 is 5.73 Å². The van der Waals surface area contributed by atoms with Gasteiger partial charge in [0.1, 0.15) is 0 Å². The Morgan fingerprint density at radius 1 is 1.21 bits per heavy atom. The van der Waals surface area contributed by atoms with E-state index in [1.807, 2.05) is 0 Å². The van der Waals surface area contributed by atoms with E-state index in [2.05, 4.69) is 23.5 Å². The van der Waals surface area contributed by atoms with Gasteiger partial charge in [-0.3, -0.25) is 0 Å². The van der Waals surface area contributed by atoms with Gasteiger partial charge in [-0.1, -0.05) is 6.92 Å². The Morgan fingerprint density at radius 3 is 2.57 bits per heavy atom. The third-order valence-electron chi connectivity index (χ3n) is 1.69. The van der Waals surface area contributed by atoms with Crippen molar-refractivity contribution in [3.8, 4) is 11.8 Å². The third-order valence-corrected chi connectivity index (χ3v) is 1.69. The summed E-state index contributed by atoms with van der Waals surface area (Å²) in [7, 11) is 0. The van der Waals surface area contributed by atoms with Crippen molar-refractivity contribution in [3.05, 3.63) is 0 Å². The number of unbranched alkanes of at least 4 members (excludes halogenated alkanes) is 4. The van der Waals surface area contributed by atoms with Gasteiger partial charge in [0.2, 0.25) is 0 Å². The average Bonchev–Trinajstić information content (AvgIpc) is 2.15. The molecule has 0 aromatic rings. The summed E-state index contributed by atoms with van der Waals surface area (Å²) in [6, 6.07) is 0. The number of hydrogen-bond donors (Lipinski definition) is 1. The molecule has 0 radical (unpaired) electrons. The van der Waals surface area contributed by atoms with Crippen LogP contribution in [-0.2, 0) is 4.74 Å². The molecule has 0 saturated heterocycles. The molecule has 0 atom stereocenters. The highest BCUT2D eigenvalue weighted by Crippen LogP contribution is 1.99. The number of ether oxygens (including phenoxy) is 1. The van der Waals surface area contributed by atoms with E-state index in [-0.39, 0.29) is 0 Å². The normalized spacial score (nSPS) is 8.93. The molecule has 0 aliphatic heterocycles. The number of carbonyl (C=O) groups excluding carboxylic acids is 1. The first kappa shape index (κ1) is 12.8. The number of amides is 1. The van der Waals surface area contributed by atoms with Crippen molar-refractivity contribution in [2.75, 3.05) is 6.61 Å². The summed E-state index contributed by atoms with van der Waals surface area (Å²) >= 11 is 0. The van der Waals surface area contributed by atoms with E-state index in [0.29, 0.717) is 6.61 Å². The predicted molar refractivity (Wildman–Crippen MR) is 56.7 cm³/mol. The average molecular weight is 197 g/mol. The molecule has 0 heterocycles. The van der Waals surface area contributed by atoms with E-state index >= 15 is 0 Å². The van der Waals surface area contributed by atoms with E-state index in [1.54, 1.807) is 0 Å². The minimum absolute atomic E-state index is 0.428. The van der Waals surface area contributed by atoms with Crippen molar-refractivity contribution in [1.29, 1.82) is 0 Å². The maximum absolute atomic E-state index is 10.2. The molecule has 0 spiro atoms. The number of rotatable bonds is 6. The molecule has 0 aromatic carbocycles. The van der Waals surface area contributed by atoms with Crippen molar-refractivity contribution < 1.29 is 9.53 Å². The molecule has 0 bridgehead atoms. The first-order valence-corrected chi connectivity index (χ1v) is 5.15. The Kier molecular flexibility index (Phi) is 9.09. The SMILES string of the molecule is CCCC#CCCCCCOC(N)=O. The van der Waals surface area contributed by atoms with Crippen LogP contribution in [0.3, 0.4) is 0 Å². The summed E-state index contributed by atoms with van der Waals surface area (Å²) in [6.45, 7) is 2.55. The first-order valence-electron chi connectivity index (χ1n) is 5.15. The Balaban J connectivity index is 3.07. The number of primary amides is 1. The maximum Gasteiger partial charge on any atom is 0.404 e. The van der Waals surface area contributed by atoms with Crippen LogP contribution in [0.5, 0.6) is 0 Å². The number of nitrogens with two attached hydrogens (primary N) is 1. The number of hydrogen-bond acceptors (Lipinski definition) is 2. The monoisotopic (exact) mass is 197 g/mol. The molecule has 0 aromatic heterocycles. The predicted octanol–water partition coefficient (Wildman–Crippen LogP) is 2.45. The zero-order chi connectivity index (χ0) is 10.6. The molecule has 1 amide bonds. The summed E-state index contributed by atoms with van der Waals surface area (Å²) in [5.41, 5.74) is 4.80. The molecular weight excluding hydrogens is 178 g/mol. The molecular formula is C11H19NO2. The molecule has 3 heteroatoms. The Labute approximate surface area is 86.0 Å². The number of carbonyl (C=O) groups is 1. The third kappa shape index (κ3) is 10.8. The fourth-order valence-corrected chi connectivity index (χ4v) is 0.967. The van der Waals surface area contributed by atoms with Crippen LogP contribution >= 0.6 is 0 Å². The quantitative estimate of drug-likeness (QED) is 0.525. The lowest BCUT2D eigenvalue weighted by molar-refractivity contribution is 0.154. The van der Waals surface area contributed by atoms with E-state index in [4.69, 9.17) is 5.73 Å². The summed E-state index contributed by atoms with van der Waals surface area (Å²) < 4.78 is 4.59. The lowest BCUT2D eigenvalue weighted by Crippen LogP contribution is -2.13. The van der Waals surface area contributed by atoms with Crippen LogP contribution in [0.1, 0.15) is 45.4 Å². The van der Waals surface area contributed by atoms with Crippen molar-refractivity contribution in [3.63, 3.8) is 0 Å². The lowest BCUT2D eigenvalue weighted by atomic mass is 10.2. The second-order valence-corrected chi connectivity index (χ2v) is 3.08. The standard InChI is InChI=1S/C11H19NO2/c1-2-3-4-5-6-7-8-9-10-14-11(12)13/h2-3,6-10H2,1H3,(H2,12,13). The van der Waals surface area contributed by atoms with Crippen LogP contribution in [-0.4, -0.2) is 12.7 Å². The van der Waals surface area contributed by atoms with E-state index < -0.39 is 6.09 Å². The summed E-state index contributed by atoms with van der Waals surface area (Å²) in [4.78, 5) is 10.2. The van der Waals surface area contributed by atoms with E-state index in [9.17, 15) is 4.79 Å². The molecule has 0 aliphatic rings. The van der Waals surface area contributed by atoms with Gasteiger partial charge in [0, 0.05) is 12.8 Å². The van der Waals surface area contributed by atoms with Gasteiger partial charge in [-0.05, 0) is 25.7 Å². The molecule has 80 valence electrons. The first-order chi connectivity index (χ1) is 6.77.